The molecule has 1 fully saturated rings. The molecule has 0 aromatic heterocycles. The number of likely N-dealkylation sites (N-methyl/N-ethyl adjacent to an activating group) is 1. The van der Waals surface area contributed by atoms with E-state index in [1.54, 1.807) is 0 Å². The lowest BCUT2D eigenvalue weighted by Crippen LogP contribution is -2.41. The largest absolute Gasteiger partial charge is 0.364 e. The summed E-state index contributed by atoms with van der Waals surface area (Å²) in [6, 6.07) is 0. The zero-order chi connectivity index (χ0) is 11.3. The van der Waals surface area contributed by atoms with Crippen LogP contribution in [0.3, 0.4) is 0 Å². The maximum atomic E-state index is 11.3. The second-order valence-corrected chi connectivity index (χ2v) is 4.48. The van der Waals surface area contributed by atoms with Crippen molar-refractivity contribution >= 4 is 5.91 Å². The van der Waals surface area contributed by atoms with Crippen molar-refractivity contribution in [1.82, 2.24) is 5.32 Å². The molecule has 2 unspecified atom stereocenters. The van der Waals surface area contributed by atoms with Gasteiger partial charge in [-0.05, 0) is 32.1 Å². The number of hydrogen-bond acceptors (Lipinski definition) is 3. The van der Waals surface area contributed by atoms with Crippen LogP contribution in [0.15, 0.2) is 0 Å². The van der Waals surface area contributed by atoms with Crippen molar-refractivity contribution in [3.8, 4) is 0 Å². The quantitative estimate of drug-likeness (QED) is 0.706. The van der Waals surface area contributed by atoms with E-state index < -0.39 is 0 Å². The van der Waals surface area contributed by atoms with Crippen molar-refractivity contribution in [2.75, 3.05) is 19.7 Å². The van der Waals surface area contributed by atoms with E-state index in [4.69, 9.17) is 10.5 Å². The number of nitrogens with two attached hydrogens (primary N) is 1. The van der Waals surface area contributed by atoms with Gasteiger partial charge in [0.25, 0.3) is 0 Å². The molecule has 2 atom stereocenters. The van der Waals surface area contributed by atoms with Crippen LogP contribution in [0.1, 0.15) is 33.1 Å². The lowest BCUT2D eigenvalue weighted by molar-refractivity contribution is -0.132. The first kappa shape index (κ1) is 12.5. The van der Waals surface area contributed by atoms with Crippen LogP contribution in [0.2, 0.25) is 0 Å². The van der Waals surface area contributed by atoms with Gasteiger partial charge in [-0.25, -0.2) is 0 Å². The second kappa shape index (κ2) is 5.47. The Hall–Kier alpha value is -0.610. The van der Waals surface area contributed by atoms with Crippen LogP contribution >= 0.6 is 0 Å². The van der Waals surface area contributed by atoms with Gasteiger partial charge in [0.15, 0.2) is 0 Å². The van der Waals surface area contributed by atoms with Crippen LogP contribution in [-0.4, -0.2) is 31.2 Å². The first-order valence-electron chi connectivity index (χ1n) is 5.72. The minimum absolute atomic E-state index is 0.0510. The molecular weight excluding hydrogens is 192 g/mol. The molecule has 4 nitrogen and oxygen atoms in total. The molecule has 0 aliphatic heterocycles. The van der Waals surface area contributed by atoms with Crippen molar-refractivity contribution < 1.29 is 9.53 Å². The highest BCUT2D eigenvalue weighted by Crippen LogP contribution is 2.36. The highest BCUT2D eigenvalue weighted by Gasteiger charge is 2.37. The summed E-state index contributed by atoms with van der Waals surface area (Å²) in [4.78, 5) is 11.3. The predicted octanol–water partition coefficient (Wildman–Crippen LogP) is 0.657. The van der Waals surface area contributed by atoms with Gasteiger partial charge in [0, 0.05) is 13.1 Å². The van der Waals surface area contributed by atoms with Crippen LogP contribution in [-0.2, 0) is 9.53 Å². The smallest absolute Gasteiger partial charge is 0.246 e. The van der Waals surface area contributed by atoms with Crippen LogP contribution < -0.4 is 11.1 Å². The topological polar surface area (TPSA) is 64.3 Å². The van der Waals surface area contributed by atoms with Crippen molar-refractivity contribution in [1.29, 1.82) is 0 Å². The normalized spacial score (nSPS) is 30.5. The van der Waals surface area contributed by atoms with E-state index in [1.165, 1.54) is 0 Å². The lowest BCUT2D eigenvalue weighted by atomic mass is 10.0. The fourth-order valence-electron chi connectivity index (χ4n) is 2.19. The van der Waals surface area contributed by atoms with Gasteiger partial charge in [0.05, 0.1) is 5.60 Å². The van der Waals surface area contributed by atoms with E-state index in [9.17, 15) is 4.79 Å². The molecule has 0 radical (unpaired) electrons. The Morgan fingerprint density at radius 1 is 1.67 bits per heavy atom. The number of ether oxygens (including phenoxy) is 1. The van der Waals surface area contributed by atoms with E-state index in [0.717, 1.165) is 19.3 Å². The van der Waals surface area contributed by atoms with Gasteiger partial charge in [-0.3, -0.25) is 4.79 Å². The molecule has 1 amide bonds. The summed E-state index contributed by atoms with van der Waals surface area (Å²) in [6.07, 6.45) is 3.10. The van der Waals surface area contributed by atoms with Crippen molar-refractivity contribution in [3.05, 3.63) is 0 Å². The first-order chi connectivity index (χ1) is 7.12. The van der Waals surface area contributed by atoms with Gasteiger partial charge in [0.2, 0.25) is 5.91 Å². The van der Waals surface area contributed by atoms with Crippen LogP contribution in [0.4, 0.5) is 0 Å². The Kier molecular flexibility index (Phi) is 4.54. The molecule has 1 saturated carbocycles. The van der Waals surface area contributed by atoms with Crippen molar-refractivity contribution in [2.45, 2.75) is 38.7 Å². The molecule has 0 heterocycles. The summed E-state index contributed by atoms with van der Waals surface area (Å²) < 4.78 is 5.69. The molecular formula is C11H22N2O2. The average molecular weight is 214 g/mol. The van der Waals surface area contributed by atoms with E-state index >= 15 is 0 Å². The monoisotopic (exact) mass is 214 g/mol. The van der Waals surface area contributed by atoms with Gasteiger partial charge < -0.3 is 15.8 Å². The Balaban J connectivity index is 2.37. The van der Waals surface area contributed by atoms with Crippen molar-refractivity contribution in [3.63, 3.8) is 0 Å². The minimum Gasteiger partial charge on any atom is -0.364 e. The van der Waals surface area contributed by atoms with Crippen LogP contribution in [0.5, 0.6) is 0 Å². The third-order valence-electron chi connectivity index (χ3n) is 3.07. The summed E-state index contributed by atoms with van der Waals surface area (Å²) in [5.41, 5.74) is 5.49. The molecule has 0 spiro atoms. The number of hydrogen-bond donors (Lipinski definition) is 2. The Morgan fingerprint density at radius 2 is 2.40 bits per heavy atom. The van der Waals surface area contributed by atoms with Gasteiger partial charge in [-0.15, -0.1) is 0 Å². The average Bonchev–Trinajstić information content (AvgIpc) is 2.59. The molecule has 1 rings (SSSR count). The first-order valence-corrected chi connectivity index (χ1v) is 5.72. The third-order valence-corrected chi connectivity index (χ3v) is 3.07. The fraction of sp³-hybridized carbons (Fsp3) is 0.909. The Bertz CT molecular complexity index is 221. The molecule has 1 aliphatic rings. The Morgan fingerprint density at radius 3 is 2.87 bits per heavy atom. The number of amides is 1. The molecule has 4 heteroatoms. The molecule has 0 aromatic rings. The van der Waals surface area contributed by atoms with Gasteiger partial charge in [-0.1, -0.05) is 6.92 Å². The number of carbonyl (C=O) groups is 1. The molecule has 0 bridgehead atoms. The van der Waals surface area contributed by atoms with E-state index in [0.29, 0.717) is 19.0 Å². The summed E-state index contributed by atoms with van der Waals surface area (Å²) >= 11 is 0. The standard InChI is InChI=1S/C11H22N2O2/c1-3-13-10(14)7-15-11(8-12)5-4-9(2)6-11/h9H,3-8,12H2,1-2H3,(H,13,14). The van der Waals surface area contributed by atoms with Gasteiger partial charge in [-0.2, -0.15) is 0 Å². The zero-order valence-corrected chi connectivity index (χ0v) is 9.71. The van der Waals surface area contributed by atoms with E-state index in [-0.39, 0.29) is 18.1 Å². The van der Waals surface area contributed by atoms with E-state index in [1.807, 2.05) is 6.92 Å². The van der Waals surface area contributed by atoms with Crippen LogP contribution in [0.25, 0.3) is 0 Å². The molecule has 0 aromatic carbocycles. The third kappa shape index (κ3) is 3.47. The maximum Gasteiger partial charge on any atom is 0.246 e. The summed E-state index contributed by atoms with van der Waals surface area (Å²) in [6.45, 7) is 5.39. The molecule has 15 heavy (non-hydrogen) atoms. The zero-order valence-electron chi connectivity index (χ0n) is 9.71. The van der Waals surface area contributed by atoms with Gasteiger partial charge >= 0.3 is 0 Å². The highest BCUT2D eigenvalue weighted by molar-refractivity contribution is 5.77. The highest BCUT2D eigenvalue weighted by atomic mass is 16.5. The minimum atomic E-state index is -0.246. The van der Waals surface area contributed by atoms with Crippen molar-refractivity contribution in [2.24, 2.45) is 11.7 Å². The second-order valence-electron chi connectivity index (χ2n) is 4.48. The lowest BCUT2D eigenvalue weighted by Gasteiger charge is -2.27. The number of carbonyl (C=O) groups excluding carboxylic acids is 1. The number of nitrogens with one attached hydrogen (secondary N) is 1. The summed E-state index contributed by atoms with van der Waals surface area (Å²) in [7, 11) is 0. The molecule has 1 aliphatic carbocycles. The summed E-state index contributed by atoms with van der Waals surface area (Å²) in [5.74, 6) is 0.604. The Labute approximate surface area is 91.5 Å². The summed E-state index contributed by atoms with van der Waals surface area (Å²) in [5, 5.41) is 2.72. The van der Waals surface area contributed by atoms with E-state index in [2.05, 4.69) is 12.2 Å². The molecule has 88 valence electrons. The molecule has 3 N–H and O–H groups in total. The fourth-order valence-corrected chi connectivity index (χ4v) is 2.19. The van der Waals surface area contributed by atoms with Crippen LogP contribution in [0, 0.1) is 5.92 Å². The van der Waals surface area contributed by atoms with Gasteiger partial charge in [0.1, 0.15) is 6.61 Å². The SMILES string of the molecule is CCNC(=O)COC1(CN)CCC(C)C1. The molecule has 0 saturated heterocycles. The maximum absolute atomic E-state index is 11.3. The number of rotatable bonds is 5. The predicted molar refractivity (Wildman–Crippen MR) is 59.4 cm³/mol.